The van der Waals surface area contributed by atoms with E-state index in [1.807, 2.05) is 0 Å². The highest BCUT2D eigenvalue weighted by Gasteiger charge is 2.37. The van der Waals surface area contributed by atoms with E-state index in [2.05, 4.69) is 19.2 Å². The van der Waals surface area contributed by atoms with E-state index in [0.717, 1.165) is 45.1 Å². The van der Waals surface area contributed by atoms with Crippen LogP contribution in [-0.4, -0.2) is 12.5 Å². The Kier molecular flexibility index (Phi) is 3.76. The summed E-state index contributed by atoms with van der Waals surface area (Å²) in [5.41, 5.74) is -0.0122. The highest BCUT2D eigenvalue weighted by Crippen LogP contribution is 2.37. The minimum Gasteiger partial charge on any atom is -0.356 e. The van der Waals surface area contributed by atoms with Gasteiger partial charge in [-0.3, -0.25) is 4.79 Å². The Bertz CT molecular complexity index is 165. The predicted octanol–water partition coefficient (Wildman–Crippen LogP) is 2.48. The van der Waals surface area contributed by atoms with Crippen LogP contribution in [-0.2, 0) is 4.79 Å². The van der Waals surface area contributed by atoms with Gasteiger partial charge in [-0.05, 0) is 25.7 Å². The summed E-state index contributed by atoms with van der Waals surface area (Å²) in [6, 6.07) is 0. The first-order valence-electron chi connectivity index (χ1n) is 5.53. The maximum absolute atomic E-state index is 11.8. The molecular formula is C11H21NO. The van der Waals surface area contributed by atoms with Gasteiger partial charge in [0.15, 0.2) is 0 Å². The average molecular weight is 183 g/mol. The molecule has 0 aromatic rings. The molecule has 1 saturated heterocycles. The van der Waals surface area contributed by atoms with Crippen molar-refractivity contribution >= 4 is 5.91 Å². The molecule has 0 unspecified atom stereocenters. The third-order valence-corrected chi connectivity index (χ3v) is 3.06. The Balaban J connectivity index is 2.67. The second-order valence-corrected chi connectivity index (χ2v) is 4.14. The molecule has 2 heteroatoms. The monoisotopic (exact) mass is 183 g/mol. The largest absolute Gasteiger partial charge is 0.356 e. The molecule has 0 atom stereocenters. The van der Waals surface area contributed by atoms with Crippen LogP contribution in [0.1, 0.15) is 52.4 Å². The molecule has 0 radical (unpaired) electrons. The molecule has 0 aromatic heterocycles. The second-order valence-electron chi connectivity index (χ2n) is 4.14. The van der Waals surface area contributed by atoms with Crippen LogP contribution in [0, 0.1) is 5.41 Å². The number of amides is 1. The van der Waals surface area contributed by atoms with Gasteiger partial charge in [0.25, 0.3) is 0 Å². The van der Waals surface area contributed by atoms with Gasteiger partial charge < -0.3 is 5.32 Å². The van der Waals surface area contributed by atoms with Crippen molar-refractivity contribution in [1.82, 2.24) is 5.32 Å². The van der Waals surface area contributed by atoms with Crippen LogP contribution in [0.2, 0.25) is 0 Å². The summed E-state index contributed by atoms with van der Waals surface area (Å²) in [7, 11) is 0. The van der Waals surface area contributed by atoms with Crippen LogP contribution in [0.4, 0.5) is 0 Å². The van der Waals surface area contributed by atoms with Gasteiger partial charge in [0.05, 0.1) is 0 Å². The number of hydrogen-bond donors (Lipinski definition) is 1. The van der Waals surface area contributed by atoms with Gasteiger partial charge in [-0.25, -0.2) is 0 Å². The lowest BCUT2D eigenvalue weighted by molar-refractivity contribution is -0.134. The Morgan fingerprint density at radius 1 is 1.31 bits per heavy atom. The van der Waals surface area contributed by atoms with Gasteiger partial charge in [-0.2, -0.15) is 0 Å². The fourth-order valence-corrected chi connectivity index (χ4v) is 2.49. The molecule has 1 amide bonds. The maximum Gasteiger partial charge on any atom is 0.226 e. The number of carbonyl (C=O) groups is 1. The van der Waals surface area contributed by atoms with Crippen LogP contribution in [0.3, 0.4) is 0 Å². The van der Waals surface area contributed by atoms with Crippen molar-refractivity contribution in [2.75, 3.05) is 6.54 Å². The first-order valence-corrected chi connectivity index (χ1v) is 5.53. The number of hydrogen-bond acceptors (Lipinski definition) is 1. The van der Waals surface area contributed by atoms with E-state index in [1.165, 1.54) is 0 Å². The quantitative estimate of drug-likeness (QED) is 0.712. The van der Waals surface area contributed by atoms with Crippen LogP contribution >= 0.6 is 0 Å². The molecule has 76 valence electrons. The molecular weight excluding hydrogens is 162 g/mol. The minimum atomic E-state index is -0.0122. The van der Waals surface area contributed by atoms with Crippen molar-refractivity contribution in [2.24, 2.45) is 5.41 Å². The Hall–Kier alpha value is -0.530. The zero-order valence-corrected chi connectivity index (χ0v) is 8.86. The van der Waals surface area contributed by atoms with Crippen molar-refractivity contribution in [3.63, 3.8) is 0 Å². The lowest BCUT2D eigenvalue weighted by atomic mass is 9.73. The van der Waals surface area contributed by atoms with E-state index in [4.69, 9.17) is 0 Å². The maximum atomic E-state index is 11.8. The Labute approximate surface area is 81.1 Å². The van der Waals surface area contributed by atoms with Crippen molar-refractivity contribution in [1.29, 1.82) is 0 Å². The molecule has 0 aromatic carbocycles. The second kappa shape index (κ2) is 4.64. The topological polar surface area (TPSA) is 29.1 Å². The molecule has 1 aliphatic rings. The SMILES string of the molecule is CCCC1(CCC)CCCNC1=O. The summed E-state index contributed by atoms with van der Waals surface area (Å²) in [4.78, 5) is 11.8. The summed E-state index contributed by atoms with van der Waals surface area (Å²) in [5, 5.41) is 3.00. The lowest BCUT2D eigenvalue weighted by Gasteiger charge is -2.35. The van der Waals surface area contributed by atoms with Crippen molar-refractivity contribution in [3.8, 4) is 0 Å². The lowest BCUT2D eigenvalue weighted by Crippen LogP contribution is -2.45. The third-order valence-electron chi connectivity index (χ3n) is 3.06. The van der Waals surface area contributed by atoms with E-state index in [1.54, 1.807) is 0 Å². The minimum absolute atomic E-state index is 0.0122. The summed E-state index contributed by atoms with van der Waals surface area (Å²) >= 11 is 0. The van der Waals surface area contributed by atoms with E-state index >= 15 is 0 Å². The third kappa shape index (κ3) is 2.23. The molecule has 1 aliphatic heterocycles. The molecule has 2 nitrogen and oxygen atoms in total. The van der Waals surface area contributed by atoms with Gasteiger partial charge in [0.2, 0.25) is 5.91 Å². The molecule has 0 spiro atoms. The summed E-state index contributed by atoms with van der Waals surface area (Å²) in [5.74, 6) is 0.308. The molecule has 1 N–H and O–H groups in total. The van der Waals surface area contributed by atoms with Crippen LogP contribution in [0.25, 0.3) is 0 Å². The fraction of sp³-hybridized carbons (Fsp3) is 0.909. The number of rotatable bonds is 4. The standard InChI is InChI=1S/C11H21NO/c1-3-6-11(7-4-2)8-5-9-12-10(11)13/h3-9H2,1-2H3,(H,12,13). The van der Waals surface area contributed by atoms with Gasteiger partial charge in [0.1, 0.15) is 0 Å². The van der Waals surface area contributed by atoms with Crippen LogP contribution < -0.4 is 5.32 Å². The van der Waals surface area contributed by atoms with Gasteiger partial charge >= 0.3 is 0 Å². The summed E-state index contributed by atoms with van der Waals surface area (Å²) in [6.45, 7) is 5.21. The molecule has 1 heterocycles. The number of piperidine rings is 1. The first kappa shape index (κ1) is 10.6. The fourth-order valence-electron chi connectivity index (χ4n) is 2.49. The van der Waals surface area contributed by atoms with E-state index in [-0.39, 0.29) is 5.41 Å². The highest BCUT2D eigenvalue weighted by atomic mass is 16.2. The molecule has 0 saturated carbocycles. The van der Waals surface area contributed by atoms with Gasteiger partial charge in [-0.1, -0.05) is 26.7 Å². The van der Waals surface area contributed by atoms with Gasteiger partial charge in [-0.15, -0.1) is 0 Å². The number of nitrogens with one attached hydrogen (secondary N) is 1. The zero-order valence-electron chi connectivity index (χ0n) is 8.86. The van der Waals surface area contributed by atoms with Crippen molar-refractivity contribution in [3.05, 3.63) is 0 Å². The summed E-state index contributed by atoms with van der Waals surface area (Å²) in [6.07, 6.45) is 6.62. The van der Waals surface area contributed by atoms with Crippen LogP contribution in [0.5, 0.6) is 0 Å². The Morgan fingerprint density at radius 3 is 2.38 bits per heavy atom. The molecule has 0 aliphatic carbocycles. The normalized spacial score (nSPS) is 21.2. The zero-order chi connectivity index (χ0) is 9.73. The van der Waals surface area contributed by atoms with Crippen molar-refractivity contribution < 1.29 is 4.79 Å². The van der Waals surface area contributed by atoms with Crippen LogP contribution in [0.15, 0.2) is 0 Å². The molecule has 0 bridgehead atoms. The number of carbonyl (C=O) groups excluding carboxylic acids is 1. The molecule has 13 heavy (non-hydrogen) atoms. The van der Waals surface area contributed by atoms with E-state index in [9.17, 15) is 4.79 Å². The van der Waals surface area contributed by atoms with Crippen molar-refractivity contribution in [2.45, 2.75) is 52.4 Å². The molecule has 1 rings (SSSR count). The van der Waals surface area contributed by atoms with Gasteiger partial charge in [0, 0.05) is 12.0 Å². The highest BCUT2D eigenvalue weighted by molar-refractivity contribution is 5.83. The Morgan fingerprint density at radius 2 is 1.92 bits per heavy atom. The van der Waals surface area contributed by atoms with E-state index in [0.29, 0.717) is 5.91 Å². The average Bonchev–Trinajstić information content (AvgIpc) is 2.11. The summed E-state index contributed by atoms with van der Waals surface area (Å²) < 4.78 is 0. The van der Waals surface area contributed by atoms with E-state index < -0.39 is 0 Å². The smallest absolute Gasteiger partial charge is 0.226 e. The predicted molar refractivity (Wildman–Crippen MR) is 54.5 cm³/mol. The first-order chi connectivity index (χ1) is 6.25. The molecule has 1 fully saturated rings.